The molecule has 1 aromatic heterocycles. The molecule has 0 fully saturated rings. The predicted molar refractivity (Wildman–Crippen MR) is 120 cm³/mol. The Morgan fingerprint density at radius 2 is 2.00 bits per heavy atom. The summed E-state index contributed by atoms with van der Waals surface area (Å²) >= 11 is 7.19. The van der Waals surface area contributed by atoms with Crippen LogP contribution in [0.15, 0.2) is 41.8 Å². The molecule has 33 heavy (non-hydrogen) atoms. The number of nitrogens with zero attached hydrogens (tertiary/aromatic N) is 1. The van der Waals surface area contributed by atoms with Crippen LogP contribution in [0.2, 0.25) is 5.02 Å². The molecule has 1 N–H and O–H groups in total. The molecule has 2 heterocycles. The average molecular weight is 490 g/mol. The number of hydrogen-bond acceptors (Lipinski definition) is 6. The van der Waals surface area contributed by atoms with Gasteiger partial charge in [-0.05, 0) is 47.7 Å². The average Bonchev–Trinajstić information content (AvgIpc) is 3.20. The van der Waals surface area contributed by atoms with E-state index in [1.165, 1.54) is 36.8 Å². The highest BCUT2D eigenvalue weighted by atomic mass is 35.5. The lowest BCUT2D eigenvalue weighted by Crippen LogP contribution is -2.42. The number of fused-ring (bicyclic) bond motifs is 1. The second kappa shape index (κ2) is 8.84. The van der Waals surface area contributed by atoms with E-state index >= 15 is 0 Å². The van der Waals surface area contributed by atoms with Gasteiger partial charge in [0.1, 0.15) is 16.7 Å². The number of amides is 2. The third kappa shape index (κ3) is 4.17. The number of rotatable bonds is 6. The van der Waals surface area contributed by atoms with E-state index in [4.69, 9.17) is 21.1 Å². The lowest BCUT2D eigenvalue weighted by atomic mass is 10.0. The van der Waals surface area contributed by atoms with E-state index in [0.717, 1.165) is 16.2 Å². The zero-order chi connectivity index (χ0) is 23.9. The van der Waals surface area contributed by atoms with Crippen molar-refractivity contribution in [2.24, 2.45) is 0 Å². The van der Waals surface area contributed by atoms with E-state index in [0.29, 0.717) is 11.1 Å². The van der Waals surface area contributed by atoms with Crippen molar-refractivity contribution in [2.75, 3.05) is 12.0 Å². The van der Waals surface area contributed by atoms with Crippen molar-refractivity contribution in [3.8, 4) is 11.5 Å². The first-order chi connectivity index (χ1) is 15.7. The van der Waals surface area contributed by atoms with Gasteiger partial charge in [0.25, 0.3) is 5.91 Å². The lowest BCUT2D eigenvalue weighted by molar-refractivity contribution is -0.117. The monoisotopic (exact) mass is 489 g/mol. The van der Waals surface area contributed by atoms with Gasteiger partial charge in [-0.3, -0.25) is 9.59 Å². The minimum atomic E-state index is -1.24. The SMILES string of the molecule is COc1ccc(C(C)Oc2ccc(Cl)c(N3C(=O)Cc4csc(C(=O)O)c4C3=O)c2)cc1F. The predicted octanol–water partition coefficient (Wildman–Crippen LogP) is 5.12. The van der Waals surface area contributed by atoms with Crippen molar-refractivity contribution in [3.05, 3.63) is 74.2 Å². The molecule has 2 aromatic carbocycles. The highest BCUT2D eigenvalue weighted by Crippen LogP contribution is 2.37. The maximum absolute atomic E-state index is 14.1. The quantitative estimate of drug-likeness (QED) is 0.483. The number of aromatic carboxylic acids is 1. The number of halogens is 2. The Balaban J connectivity index is 1.65. The van der Waals surface area contributed by atoms with Gasteiger partial charge in [-0.15, -0.1) is 11.3 Å². The van der Waals surface area contributed by atoms with Gasteiger partial charge in [0.05, 0.1) is 29.8 Å². The van der Waals surface area contributed by atoms with Gasteiger partial charge in [0, 0.05) is 6.07 Å². The summed E-state index contributed by atoms with van der Waals surface area (Å²) in [5, 5.41) is 11.0. The van der Waals surface area contributed by atoms with Crippen LogP contribution in [0.25, 0.3) is 0 Å². The fraction of sp³-hybridized carbons (Fsp3) is 0.174. The normalized spacial score (nSPS) is 14.1. The minimum Gasteiger partial charge on any atom is -0.494 e. The van der Waals surface area contributed by atoms with Crippen LogP contribution in [0.5, 0.6) is 11.5 Å². The Bertz CT molecular complexity index is 1290. The van der Waals surface area contributed by atoms with Crippen molar-refractivity contribution in [3.63, 3.8) is 0 Å². The highest BCUT2D eigenvalue weighted by Gasteiger charge is 2.37. The zero-order valence-corrected chi connectivity index (χ0v) is 19.0. The van der Waals surface area contributed by atoms with Gasteiger partial charge in [0.2, 0.25) is 5.91 Å². The highest BCUT2D eigenvalue weighted by molar-refractivity contribution is 7.12. The first-order valence-corrected chi connectivity index (χ1v) is 11.0. The summed E-state index contributed by atoms with van der Waals surface area (Å²) in [6.07, 6.45) is -0.706. The maximum Gasteiger partial charge on any atom is 0.346 e. The fourth-order valence-corrected chi connectivity index (χ4v) is 4.67. The zero-order valence-electron chi connectivity index (χ0n) is 17.4. The molecule has 0 bridgehead atoms. The summed E-state index contributed by atoms with van der Waals surface area (Å²) in [7, 11) is 1.37. The number of methoxy groups -OCH3 is 1. The van der Waals surface area contributed by atoms with E-state index in [1.54, 1.807) is 19.1 Å². The topological polar surface area (TPSA) is 93.1 Å². The summed E-state index contributed by atoms with van der Waals surface area (Å²) in [5.41, 5.74) is 0.980. The Kier molecular flexibility index (Phi) is 6.09. The number of thiophene rings is 1. The molecule has 1 unspecified atom stereocenters. The van der Waals surface area contributed by atoms with Crippen LogP contribution in [0.3, 0.4) is 0 Å². The number of imide groups is 1. The molecule has 4 rings (SSSR count). The van der Waals surface area contributed by atoms with Crippen LogP contribution in [0.1, 0.15) is 44.2 Å². The number of carbonyl (C=O) groups is 3. The number of anilines is 1. The van der Waals surface area contributed by atoms with Crippen molar-refractivity contribution < 1.29 is 33.4 Å². The van der Waals surface area contributed by atoms with Gasteiger partial charge in [-0.2, -0.15) is 0 Å². The van der Waals surface area contributed by atoms with Crippen LogP contribution in [-0.4, -0.2) is 30.0 Å². The van der Waals surface area contributed by atoms with Crippen molar-refractivity contribution in [1.29, 1.82) is 0 Å². The number of hydrogen-bond donors (Lipinski definition) is 1. The Morgan fingerprint density at radius 1 is 1.24 bits per heavy atom. The summed E-state index contributed by atoms with van der Waals surface area (Å²) in [6, 6.07) is 8.89. The molecule has 1 aliphatic heterocycles. The number of carbonyl (C=O) groups excluding carboxylic acids is 2. The van der Waals surface area contributed by atoms with E-state index in [2.05, 4.69) is 0 Å². The summed E-state index contributed by atoms with van der Waals surface area (Å²) < 4.78 is 24.9. The van der Waals surface area contributed by atoms with Gasteiger partial charge < -0.3 is 14.6 Å². The van der Waals surface area contributed by atoms with Gasteiger partial charge in [-0.25, -0.2) is 14.1 Å². The molecule has 0 radical (unpaired) electrons. The lowest BCUT2D eigenvalue weighted by Gasteiger charge is -2.27. The van der Waals surface area contributed by atoms with E-state index in [9.17, 15) is 23.9 Å². The fourth-order valence-electron chi connectivity index (χ4n) is 3.57. The summed E-state index contributed by atoms with van der Waals surface area (Å²) in [5.74, 6) is -2.68. The molecule has 2 amide bonds. The van der Waals surface area contributed by atoms with Crippen LogP contribution in [-0.2, 0) is 11.2 Å². The molecule has 170 valence electrons. The molecular formula is C23H17ClFNO6S. The first-order valence-electron chi connectivity index (χ1n) is 9.71. The Morgan fingerprint density at radius 3 is 2.67 bits per heavy atom. The van der Waals surface area contributed by atoms with E-state index < -0.39 is 29.7 Å². The standard InChI is InChI=1S/C23H17ClFNO6S/c1-11(12-3-6-18(31-2)16(25)7-12)32-14-4-5-15(24)17(9-14)26-19(27)8-13-10-33-21(23(29)30)20(13)22(26)28/h3-7,9-11H,8H2,1-2H3,(H,29,30). The smallest absolute Gasteiger partial charge is 0.346 e. The van der Waals surface area contributed by atoms with Crippen LogP contribution < -0.4 is 14.4 Å². The largest absolute Gasteiger partial charge is 0.494 e. The Hall–Kier alpha value is -3.43. The maximum atomic E-state index is 14.1. The first kappa shape index (κ1) is 22.8. The molecule has 3 aromatic rings. The van der Waals surface area contributed by atoms with Crippen LogP contribution >= 0.6 is 22.9 Å². The molecule has 1 atom stereocenters. The van der Waals surface area contributed by atoms with Gasteiger partial charge in [-0.1, -0.05) is 17.7 Å². The second-order valence-corrected chi connectivity index (χ2v) is 8.54. The molecule has 0 aliphatic carbocycles. The van der Waals surface area contributed by atoms with Crippen molar-refractivity contribution in [2.45, 2.75) is 19.4 Å². The summed E-state index contributed by atoms with van der Waals surface area (Å²) in [6.45, 7) is 1.71. The van der Waals surface area contributed by atoms with E-state index in [1.807, 2.05) is 0 Å². The van der Waals surface area contributed by atoms with Crippen molar-refractivity contribution >= 4 is 46.4 Å². The molecule has 0 saturated carbocycles. The second-order valence-electron chi connectivity index (χ2n) is 7.25. The van der Waals surface area contributed by atoms with Crippen LogP contribution in [0.4, 0.5) is 10.1 Å². The molecule has 10 heteroatoms. The number of carboxylic acids is 1. The van der Waals surface area contributed by atoms with Crippen LogP contribution in [0, 0.1) is 5.82 Å². The van der Waals surface area contributed by atoms with Gasteiger partial charge >= 0.3 is 5.97 Å². The van der Waals surface area contributed by atoms with Crippen molar-refractivity contribution in [1.82, 2.24) is 0 Å². The molecule has 7 nitrogen and oxygen atoms in total. The molecule has 1 aliphatic rings. The number of carboxylic acid groups (broad SMARTS) is 1. The number of ether oxygens (including phenoxy) is 2. The number of benzene rings is 2. The molecule has 0 saturated heterocycles. The third-order valence-corrected chi connectivity index (χ3v) is 6.52. The molecule has 0 spiro atoms. The van der Waals surface area contributed by atoms with E-state index in [-0.39, 0.29) is 39.1 Å². The third-order valence-electron chi connectivity index (χ3n) is 5.19. The van der Waals surface area contributed by atoms with Gasteiger partial charge in [0.15, 0.2) is 11.6 Å². The minimum absolute atomic E-state index is 0.0171. The summed E-state index contributed by atoms with van der Waals surface area (Å²) in [4.78, 5) is 38.1. The Labute approximate surface area is 196 Å². The molecular weight excluding hydrogens is 473 g/mol.